The highest BCUT2D eigenvalue weighted by atomic mass is 16.6. The molecule has 6 atom stereocenters. The van der Waals surface area contributed by atoms with Crippen molar-refractivity contribution >= 4 is 5.97 Å². The van der Waals surface area contributed by atoms with Crippen molar-refractivity contribution in [2.24, 2.45) is 0 Å². The molecule has 0 aliphatic heterocycles. The number of ether oxygens (including phenoxy) is 5. The molecule has 0 saturated heterocycles. The van der Waals surface area contributed by atoms with Gasteiger partial charge in [0.2, 0.25) is 0 Å². The Bertz CT molecular complexity index is 698. The molecule has 2 rings (SSSR count). The standard InChI is InChI=1S/C29H48O7/c1-5-9-18-32-24-23(30)25(36-29(31)22-16-14-13-15-17-22)27(34-20-11-7-3)28(35-21-12-8-4)26(24)33-19-10-6-2/h13-17,23-28,30H,5-12,18-21H2,1-4H3/t23-,24-,25+,26?,27-,28-/m0/s1. The summed E-state index contributed by atoms with van der Waals surface area (Å²) in [5.74, 6) is -0.506. The van der Waals surface area contributed by atoms with Crippen molar-refractivity contribution in [3.05, 3.63) is 35.9 Å². The van der Waals surface area contributed by atoms with Crippen LogP contribution in [0.1, 0.15) is 89.4 Å². The zero-order chi connectivity index (χ0) is 26.2. The summed E-state index contributed by atoms with van der Waals surface area (Å²) < 4.78 is 31.2. The van der Waals surface area contributed by atoms with Gasteiger partial charge in [-0.05, 0) is 37.8 Å². The third-order valence-electron chi connectivity index (χ3n) is 6.45. The summed E-state index contributed by atoms with van der Waals surface area (Å²) in [6.45, 7) is 10.4. The number of hydrogen-bond donors (Lipinski definition) is 1. The quantitative estimate of drug-likeness (QED) is 0.212. The van der Waals surface area contributed by atoms with Gasteiger partial charge in [0.25, 0.3) is 0 Å². The number of aliphatic hydroxyl groups excluding tert-OH is 1. The number of unbranched alkanes of at least 4 members (excludes halogenated alkanes) is 4. The highest BCUT2D eigenvalue weighted by molar-refractivity contribution is 5.89. The van der Waals surface area contributed by atoms with Gasteiger partial charge in [-0.3, -0.25) is 0 Å². The van der Waals surface area contributed by atoms with E-state index in [1.54, 1.807) is 24.3 Å². The summed E-state index contributed by atoms with van der Waals surface area (Å²) in [5.41, 5.74) is 0.422. The molecule has 206 valence electrons. The van der Waals surface area contributed by atoms with Crippen LogP contribution in [0.2, 0.25) is 0 Å². The molecule has 36 heavy (non-hydrogen) atoms. The van der Waals surface area contributed by atoms with Gasteiger partial charge in [0.15, 0.2) is 6.10 Å². The highest BCUT2D eigenvalue weighted by Crippen LogP contribution is 2.33. The molecule has 0 spiro atoms. The summed E-state index contributed by atoms with van der Waals surface area (Å²) in [4.78, 5) is 13.1. The third kappa shape index (κ3) is 9.42. The summed E-state index contributed by atoms with van der Waals surface area (Å²) >= 11 is 0. The number of esters is 1. The molecule has 0 heterocycles. The Morgan fingerprint density at radius 2 is 1.03 bits per heavy atom. The van der Waals surface area contributed by atoms with Crippen LogP contribution in [0.3, 0.4) is 0 Å². The van der Waals surface area contributed by atoms with E-state index in [9.17, 15) is 9.90 Å². The lowest BCUT2D eigenvalue weighted by Crippen LogP contribution is -2.67. The minimum absolute atomic E-state index is 0.422. The van der Waals surface area contributed by atoms with Crippen molar-refractivity contribution < 1.29 is 33.6 Å². The Kier molecular flexibility index (Phi) is 15.2. The predicted octanol–water partition coefficient (Wildman–Crippen LogP) is 5.33. The van der Waals surface area contributed by atoms with Crippen LogP contribution in [0.5, 0.6) is 0 Å². The monoisotopic (exact) mass is 508 g/mol. The topological polar surface area (TPSA) is 83.5 Å². The molecule has 7 nitrogen and oxygen atoms in total. The fourth-order valence-electron chi connectivity index (χ4n) is 4.26. The molecule has 1 N–H and O–H groups in total. The van der Waals surface area contributed by atoms with Crippen molar-refractivity contribution in [2.45, 2.75) is 116 Å². The fraction of sp³-hybridized carbons (Fsp3) is 0.759. The van der Waals surface area contributed by atoms with Gasteiger partial charge >= 0.3 is 5.97 Å². The second kappa shape index (κ2) is 17.9. The maximum atomic E-state index is 13.1. The first-order chi connectivity index (χ1) is 17.6. The smallest absolute Gasteiger partial charge is 0.338 e. The van der Waals surface area contributed by atoms with Crippen molar-refractivity contribution in [2.75, 3.05) is 26.4 Å². The molecular weight excluding hydrogens is 460 g/mol. The molecular formula is C29H48O7. The molecule has 0 amide bonds. The lowest BCUT2D eigenvalue weighted by atomic mass is 9.83. The Morgan fingerprint density at radius 3 is 1.47 bits per heavy atom. The predicted molar refractivity (Wildman–Crippen MR) is 140 cm³/mol. The van der Waals surface area contributed by atoms with Gasteiger partial charge in [0.1, 0.15) is 30.5 Å². The van der Waals surface area contributed by atoms with E-state index in [4.69, 9.17) is 23.7 Å². The molecule has 1 unspecified atom stereocenters. The molecule has 7 heteroatoms. The molecule has 0 radical (unpaired) electrons. The molecule has 0 bridgehead atoms. The second-order valence-corrected chi connectivity index (χ2v) is 9.48. The van der Waals surface area contributed by atoms with Crippen LogP contribution < -0.4 is 0 Å². The summed E-state index contributed by atoms with van der Waals surface area (Å²) in [6, 6.07) is 8.82. The van der Waals surface area contributed by atoms with Gasteiger partial charge < -0.3 is 28.8 Å². The zero-order valence-corrected chi connectivity index (χ0v) is 22.7. The lowest BCUT2D eigenvalue weighted by molar-refractivity contribution is -0.265. The van der Waals surface area contributed by atoms with Gasteiger partial charge in [-0.15, -0.1) is 0 Å². The highest BCUT2D eigenvalue weighted by Gasteiger charge is 2.54. The van der Waals surface area contributed by atoms with Crippen LogP contribution in [0.25, 0.3) is 0 Å². The molecule has 0 aromatic heterocycles. The van der Waals surface area contributed by atoms with E-state index < -0.39 is 42.6 Å². The Morgan fingerprint density at radius 1 is 0.639 bits per heavy atom. The first-order valence-corrected chi connectivity index (χ1v) is 14.0. The van der Waals surface area contributed by atoms with Crippen LogP contribution in [-0.4, -0.2) is 74.1 Å². The van der Waals surface area contributed by atoms with Crippen LogP contribution in [0, 0.1) is 0 Å². The summed E-state index contributed by atoms with van der Waals surface area (Å²) in [5, 5.41) is 11.5. The van der Waals surface area contributed by atoms with E-state index in [-0.39, 0.29) is 0 Å². The van der Waals surface area contributed by atoms with Crippen molar-refractivity contribution in [3.63, 3.8) is 0 Å². The number of benzene rings is 1. The van der Waals surface area contributed by atoms with E-state index in [2.05, 4.69) is 27.7 Å². The Labute approximate surface area is 217 Å². The fourth-order valence-corrected chi connectivity index (χ4v) is 4.26. The number of carbonyl (C=O) groups is 1. The number of carbonyl (C=O) groups excluding carboxylic acids is 1. The Balaban J connectivity index is 2.39. The normalized spacial score (nSPS) is 26.1. The number of aliphatic hydroxyl groups is 1. The van der Waals surface area contributed by atoms with Gasteiger partial charge in [0, 0.05) is 26.4 Å². The van der Waals surface area contributed by atoms with Gasteiger partial charge in [-0.1, -0.05) is 71.6 Å². The summed E-state index contributed by atoms with van der Waals surface area (Å²) in [6.07, 6.45) is 2.91. The van der Waals surface area contributed by atoms with Crippen molar-refractivity contribution in [1.29, 1.82) is 0 Å². The molecule has 1 aliphatic carbocycles. The van der Waals surface area contributed by atoms with E-state index in [0.29, 0.717) is 32.0 Å². The average Bonchev–Trinajstić information content (AvgIpc) is 2.89. The van der Waals surface area contributed by atoms with Gasteiger partial charge in [0.05, 0.1) is 5.56 Å². The molecule has 1 aromatic carbocycles. The number of hydrogen-bond acceptors (Lipinski definition) is 7. The molecule has 1 fully saturated rings. The van der Waals surface area contributed by atoms with Gasteiger partial charge in [-0.2, -0.15) is 0 Å². The molecule has 1 aliphatic rings. The first-order valence-electron chi connectivity index (χ1n) is 14.0. The average molecular weight is 509 g/mol. The largest absolute Gasteiger partial charge is 0.453 e. The molecule has 1 aromatic rings. The van der Waals surface area contributed by atoms with Crippen LogP contribution >= 0.6 is 0 Å². The van der Waals surface area contributed by atoms with Crippen molar-refractivity contribution in [3.8, 4) is 0 Å². The van der Waals surface area contributed by atoms with Crippen LogP contribution in [0.4, 0.5) is 0 Å². The molecule has 1 saturated carbocycles. The van der Waals surface area contributed by atoms with Crippen molar-refractivity contribution in [1.82, 2.24) is 0 Å². The second-order valence-electron chi connectivity index (χ2n) is 9.48. The third-order valence-corrected chi connectivity index (χ3v) is 6.45. The van der Waals surface area contributed by atoms with E-state index in [1.165, 1.54) is 0 Å². The van der Waals surface area contributed by atoms with Crippen LogP contribution in [-0.2, 0) is 23.7 Å². The van der Waals surface area contributed by atoms with Crippen LogP contribution in [0.15, 0.2) is 30.3 Å². The van der Waals surface area contributed by atoms with E-state index in [1.807, 2.05) is 6.07 Å². The summed E-state index contributed by atoms with van der Waals surface area (Å²) in [7, 11) is 0. The maximum absolute atomic E-state index is 13.1. The minimum atomic E-state index is -1.11. The van der Waals surface area contributed by atoms with E-state index in [0.717, 1.165) is 51.4 Å². The number of rotatable bonds is 18. The lowest BCUT2D eigenvalue weighted by Gasteiger charge is -2.48. The van der Waals surface area contributed by atoms with E-state index >= 15 is 0 Å². The first kappa shape index (κ1) is 30.7. The Hall–Kier alpha value is -1.51. The minimum Gasteiger partial charge on any atom is -0.453 e. The van der Waals surface area contributed by atoms with Gasteiger partial charge in [-0.25, -0.2) is 4.79 Å². The SMILES string of the molecule is CCCCOC1[C@@H](OCCCC)[C@H](O)[C@@H](OC(=O)c2ccccc2)[C@H](OCCCC)[C@H]1OCCCC. The zero-order valence-electron chi connectivity index (χ0n) is 22.7. The maximum Gasteiger partial charge on any atom is 0.338 e.